The molecule has 0 radical (unpaired) electrons. The van der Waals surface area contributed by atoms with Crippen molar-refractivity contribution < 1.29 is 15.3 Å². The third-order valence-corrected chi connectivity index (χ3v) is 3.98. The van der Waals surface area contributed by atoms with Crippen molar-refractivity contribution >= 4 is 17.6 Å². The lowest BCUT2D eigenvalue weighted by atomic mass is 10.1. The van der Waals surface area contributed by atoms with Gasteiger partial charge in [0.2, 0.25) is 0 Å². The zero-order chi connectivity index (χ0) is 12.4. The molecule has 0 spiro atoms. The zero-order valence-corrected chi connectivity index (χ0v) is 9.59. The molecule has 1 aromatic rings. The van der Waals surface area contributed by atoms with Crippen LogP contribution in [0.15, 0.2) is 17.1 Å². The van der Waals surface area contributed by atoms with E-state index >= 15 is 0 Å². The van der Waals surface area contributed by atoms with E-state index in [-0.39, 0.29) is 6.61 Å². The summed E-state index contributed by atoms with van der Waals surface area (Å²) in [7, 11) is 0. The summed E-state index contributed by atoms with van der Waals surface area (Å²) in [6.07, 6.45) is -0.655. The van der Waals surface area contributed by atoms with E-state index in [0.29, 0.717) is 5.82 Å². The second-order valence-corrected chi connectivity index (χ2v) is 5.08. The number of aliphatic hydroxyl groups excluding tert-OH is 3. The van der Waals surface area contributed by atoms with Gasteiger partial charge in [0.25, 0.3) is 0 Å². The summed E-state index contributed by atoms with van der Waals surface area (Å²) in [6.45, 7) is -0.214. The lowest BCUT2D eigenvalue weighted by Gasteiger charge is -2.17. The first-order valence-corrected chi connectivity index (χ1v) is 6.00. The molecule has 1 aliphatic rings. The van der Waals surface area contributed by atoms with Crippen molar-refractivity contribution in [2.75, 3.05) is 11.9 Å². The highest BCUT2D eigenvalue weighted by molar-refractivity contribution is 8.01. The van der Waals surface area contributed by atoms with Crippen LogP contribution in [-0.4, -0.2) is 54.7 Å². The van der Waals surface area contributed by atoms with Crippen LogP contribution in [0.3, 0.4) is 0 Å². The van der Waals surface area contributed by atoms with Gasteiger partial charge in [-0.25, -0.2) is 9.78 Å². The fourth-order valence-electron chi connectivity index (χ4n) is 1.62. The molecule has 2 rings (SSSR count). The lowest BCUT2D eigenvalue weighted by molar-refractivity contribution is 0.0231. The highest BCUT2D eigenvalue weighted by atomic mass is 32.2. The average molecular weight is 259 g/mol. The summed E-state index contributed by atoms with van der Waals surface area (Å²) < 4.78 is 0. The van der Waals surface area contributed by atoms with Gasteiger partial charge in [0.05, 0.1) is 18.0 Å². The van der Waals surface area contributed by atoms with Gasteiger partial charge in [0, 0.05) is 6.20 Å². The fraction of sp³-hybridized carbons (Fsp3) is 0.556. The van der Waals surface area contributed by atoms with Gasteiger partial charge in [0.1, 0.15) is 17.3 Å². The SMILES string of the molecule is O=c1nccc(N[C@H]2S[C@@H](CO)[C@@H](O)[C@@H]2O)[nH]1. The van der Waals surface area contributed by atoms with Crippen molar-refractivity contribution in [3.63, 3.8) is 0 Å². The third-order valence-electron chi connectivity index (χ3n) is 2.51. The molecule has 0 amide bonds. The van der Waals surface area contributed by atoms with Crippen LogP contribution in [0.4, 0.5) is 5.82 Å². The van der Waals surface area contributed by atoms with Gasteiger partial charge in [0.15, 0.2) is 0 Å². The predicted octanol–water partition coefficient (Wildman–Crippen LogP) is -1.66. The molecule has 0 saturated carbocycles. The van der Waals surface area contributed by atoms with Crippen molar-refractivity contribution in [2.24, 2.45) is 0 Å². The van der Waals surface area contributed by atoms with E-state index in [9.17, 15) is 15.0 Å². The van der Waals surface area contributed by atoms with Crippen LogP contribution in [0.5, 0.6) is 0 Å². The molecule has 1 fully saturated rings. The second-order valence-electron chi connectivity index (χ2n) is 3.69. The summed E-state index contributed by atoms with van der Waals surface area (Å²) in [5.41, 5.74) is -0.494. The predicted molar refractivity (Wildman–Crippen MR) is 62.7 cm³/mol. The van der Waals surface area contributed by atoms with Crippen molar-refractivity contribution in [3.8, 4) is 0 Å². The Balaban J connectivity index is 2.07. The Kier molecular flexibility index (Phi) is 3.67. The van der Waals surface area contributed by atoms with E-state index < -0.39 is 28.5 Å². The van der Waals surface area contributed by atoms with Crippen LogP contribution in [0, 0.1) is 0 Å². The first-order chi connectivity index (χ1) is 8.11. The molecule has 8 heteroatoms. The number of nitrogens with one attached hydrogen (secondary N) is 2. The number of aliphatic hydroxyl groups is 3. The maximum atomic E-state index is 11.0. The largest absolute Gasteiger partial charge is 0.395 e. The molecule has 0 aliphatic carbocycles. The molecule has 17 heavy (non-hydrogen) atoms. The van der Waals surface area contributed by atoms with Crippen LogP contribution in [-0.2, 0) is 0 Å². The first kappa shape index (κ1) is 12.4. The fourth-order valence-corrected chi connectivity index (χ4v) is 2.93. The Morgan fingerprint density at radius 2 is 2.24 bits per heavy atom. The Morgan fingerprint density at radius 1 is 1.47 bits per heavy atom. The summed E-state index contributed by atoms with van der Waals surface area (Å²) >= 11 is 1.22. The molecule has 0 bridgehead atoms. The number of aromatic amines is 1. The number of hydrogen-bond donors (Lipinski definition) is 5. The molecular formula is C9H13N3O4S. The molecule has 4 atom stereocenters. The van der Waals surface area contributed by atoms with Gasteiger partial charge in [-0.1, -0.05) is 0 Å². The minimum atomic E-state index is -1.01. The average Bonchev–Trinajstić information content (AvgIpc) is 2.57. The van der Waals surface area contributed by atoms with E-state index in [2.05, 4.69) is 15.3 Å². The summed E-state index contributed by atoms with van der Waals surface area (Å²) in [5, 5.41) is 30.3. The molecular weight excluding hydrogens is 246 g/mol. The second kappa shape index (κ2) is 5.05. The number of rotatable bonds is 3. The number of H-pyrrole nitrogens is 1. The van der Waals surface area contributed by atoms with E-state index in [4.69, 9.17) is 5.11 Å². The van der Waals surface area contributed by atoms with Gasteiger partial charge >= 0.3 is 5.69 Å². The Morgan fingerprint density at radius 3 is 2.82 bits per heavy atom. The molecule has 1 aromatic heterocycles. The van der Waals surface area contributed by atoms with Crippen molar-refractivity contribution in [3.05, 3.63) is 22.7 Å². The molecule has 2 heterocycles. The van der Waals surface area contributed by atoms with E-state index in [1.54, 1.807) is 6.07 Å². The maximum Gasteiger partial charge on any atom is 0.346 e. The number of nitrogens with zero attached hydrogens (tertiary/aromatic N) is 1. The Labute approximate surface area is 101 Å². The molecule has 7 nitrogen and oxygen atoms in total. The highest BCUT2D eigenvalue weighted by Crippen LogP contribution is 2.34. The van der Waals surface area contributed by atoms with Crippen LogP contribution in [0.2, 0.25) is 0 Å². The topological polar surface area (TPSA) is 118 Å². The highest BCUT2D eigenvalue weighted by Gasteiger charge is 2.41. The van der Waals surface area contributed by atoms with Crippen molar-refractivity contribution in [1.29, 1.82) is 0 Å². The van der Waals surface area contributed by atoms with E-state index in [0.717, 1.165) is 0 Å². The van der Waals surface area contributed by atoms with Crippen LogP contribution in [0.25, 0.3) is 0 Å². The van der Waals surface area contributed by atoms with Crippen LogP contribution < -0.4 is 11.0 Å². The van der Waals surface area contributed by atoms with Crippen molar-refractivity contribution in [2.45, 2.75) is 22.8 Å². The quantitative estimate of drug-likeness (QED) is 0.441. The van der Waals surface area contributed by atoms with Gasteiger partial charge in [-0.05, 0) is 6.07 Å². The number of anilines is 1. The molecule has 0 unspecified atom stereocenters. The zero-order valence-electron chi connectivity index (χ0n) is 8.78. The smallest absolute Gasteiger partial charge is 0.346 e. The minimum Gasteiger partial charge on any atom is -0.395 e. The lowest BCUT2D eigenvalue weighted by Crippen LogP contribution is -2.36. The summed E-state index contributed by atoms with van der Waals surface area (Å²) in [4.78, 5) is 16.9. The van der Waals surface area contributed by atoms with Crippen LogP contribution in [0.1, 0.15) is 0 Å². The Hall–Kier alpha value is -1.09. The number of hydrogen-bond acceptors (Lipinski definition) is 7. The third kappa shape index (κ3) is 2.60. The molecule has 94 valence electrons. The number of aromatic nitrogens is 2. The molecule has 0 aromatic carbocycles. The maximum absolute atomic E-state index is 11.0. The normalized spacial score (nSPS) is 32.6. The van der Waals surface area contributed by atoms with E-state index in [1.165, 1.54) is 18.0 Å². The monoisotopic (exact) mass is 259 g/mol. The molecule has 5 N–H and O–H groups in total. The molecule has 1 aliphatic heterocycles. The van der Waals surface area contributed by atoms with Gasteiger partial charge in [-0.3, -0.25) is 4.98 Å². The number of thioether (sulfide) groups is 1. The Bertz CT molecular complexity index is 440. The van der Waals surface area contributed by atoms with Gasteiger partial charge in [-0.2, -0.15) is 0 Å². The van der Waals surface area contributed by atoms with Crippen LogP contribution >= 0.6 is 11.8 Å². The summed E-state index contributed by atoms with van der Waals surface area (Å²) in [6, 6.07) is 1.55. The summed E-state index contributed by atoms with van der Waals surface area (Å²) in [5.74, 6) is 0.410. The van der Waals surface area contributed by atoms with Gasteiger partial charge < -0.3 is 20.6 Å². The van der Waals surface area contributed by atoms with Crippen molar-refractivity contribution in [1.82, 2.24) is 9.97 Å². The van der Waals surface area contributed by atoms with Gasteiger partial charge in [-0.15, -0.1) is 11.8 Å². The molecule has 1 saturated heterocycles. The minimum absolute atomic E-state index is 0.214. The first-order valence-electron chi connectivity index (χ1n) is 5.06. The standard InChI is InChI=1S/C9H13N3O4S/c13-3-4-6(14)7(15)8(17-4)11-5-1-2-10-9(16)12-5/h1-2,4,6-8,13-15H,3H2,(H2,10,11,12,16)/t4-,6+,7-,8-/m0/s1. The van der Waals surface area contributed by atoms with E-state index in [1.807, 2.05) is 0 Å².